The van der Waals surface area contributed by atoms with Gasteiger partial charge >= 0.3 is 0 Å². The quantitative estimate of drug-likeness (QED) is 0.679. The van der Waals surface area contributed by atoms with Gasteiger partial charge in [-0.05, 0) is 36.4 Å². The molecule has 2 heterocycles. The summed E-state index contributed by atoms with van der Waals surface area (Å²) in [6, 6.07) is 16.7. The predicted octanol–water partition coefficient (Wildman–Crippen LogP) is 3.50. The monoisotopic (exact) mass is 406 g/mol. The number of benzene rings is 2. The number of amides is 1. The van der Waals surface area contributed by atoms with Crippen molar-refractivity contribution in [2.75, 3.05) is 36.4 Å². The van der Waals surface area contributed by atoms with E-state index in [2.05, 4.69) is 20.1 Å². The number of pyridine rings is 1. The van der Waals surface area contributed by atoms with Crippen molar-refractivity contribution < 1.29 is 14.3 Å². The van der Waals surface area contributed by atoms with Gasteiger partial charge in [-0.15, -0.1) is 0 Å². The summed E-state index contributed by atoms with van der Waals surface area (Å²) in [7, 11) is 0. The van der Waals surface area contributed by atoms with Gasteiger partial charge in [-0.25, -0.2) is 9.37 Å². The standard InChI is InChI=1S/C23H23FN4O2/c24-19-6-3-5-17(14-19)23(30)26-20-8-9-22(25-15-20)28-12-10-27(11-13-28)16-18-4-1-2-7-21(18)29/h1-9,14-15,29H,10-13,16H2,(H,26,30). The van der Waals surface area contributed by atoms with Crippen LogP contribution in [0.1, 0.15) is 15.9 Å². The Kier molecular flexibility index (Phi) is 5.90. The molecule has 7 heteroatoms. The maximum atomic E-state index is 13.3. The molecule has 0 saturated carbocycles. The van der Waals surface area contributed by atoms with Crippen LogP contribution in [0.4, 0.5) is 15.9 Å². The molecule has 0 aliphatic carbocycles. The number of nitrogens with one attached hydrogen (secondary N) is 1. The number of phenolic OH excluding ortho intramolecular Hbond substituents is 1. The summed E-state index contributed by atoms with van der Waals surface area (Å²) in [5.74, 6) is 0.359. The van der Waals surface area contributed by atoms with Gasteiger partial charge in [0.2, 0.25) is 0 Å². The van der Waals surface area contributed by atoms with Gasteiger partial charge in [-0.2, -0.15) is 0 Å². The molecule has 0 spiro atoms. The second-order valence-corrected chi connectivity index (χ2v) is 7.26. The first-order chi connectivity index (χ1) is 14.6. The highest BCUT2D eigenvalue weighted by atomic mass is 19.1. The zero-order valence-corrected chi connectivity index (χ0v) is 16.5. The number of halogens is 1. The van der Waals surface area contributed by atoms with E-state index in [1.807, 2.05) is 24.3 Å². The van der Waals surface area contributed by atoms with Gasteiger partial charge in [0.15, 0.2) is 0 Å². The normalized spacial score (nSPS) is 14.5. The van der Waals surface area contributed by atoms with Crippen LogP contribution in [0.25, 0.3) is 0 Å². The molecule has 1 aliphatic rings. The molecule has 0 radical (unpaired) electrons. The van der Waals surface area contributed by atoms with Gasteiger partial charge in [0, 0.05) is 43.9 Å². The highest BCUT2D eigenvalue weighted by molar-refractivity contribution is 6.04. The van der Waals surface area contributed by atoms with Crippen LogP contribution in [0.5, 0.6) is 5.75 Å². The molecular formula is C23H23FN4O2. The van der Waals surface area contributed by atoms with E-state index in [9.17, 15) is 14.3 Å². The lowest BCUT2D eigenvalue weighted by Gasteiger charge is -2.35. The first-order valence-corrected chi connectivity index (χ1v) is 9.85. The second-order valence-electron chi connectivity index (χ2n) is 7.26. The molecule has 2 N–H and O–H groups in total. The minimum atomic E-state index is -0.447. The van der Waals surface area contributed by atoms with Gasteiger partial charge < -0.3 is 15.3 Å². The molecule has 2 aromatic carbocycles. The van der Waals surface area contributed by atoms with Crippen molar-refractivity contribution in [3.8, 4) is 5.75 Å². The van der Waals surface area contributed by atoms with Gasteiger partial charge in [0.25, 0.3) is 5.91 Å². The zero-order valence-electron chi connectivity index (χ0n) is 16.5. The van der Waals surface area contributed by atoms with Crippen molar-refractivity contribution in [3.05, 3.63) is 83.8 Å². The van der Waals surface area contributed by atoms with Gasteiger partial charge in [0.1, 0.15) is 17.4 Å². The fourth-order valence-electron chi connectivity index (χ4n) is 3.50. The number of hydrogen-bond acceptors (Lipinski definition) is 5. The Balaban J connectivity index is 1.31. The maximum absolute atomic E-state index is 13.3. The molecule has 1 saturated heterocycles. The number of hydrogen-bond donors (Lipinski definition) is 2. The number of para-hydroxylation sites is 1. The zero-order chi connectivity index (χ0) is 20.9. The van der Waals surface area contributed by atoms with Crippen LogP contribution in [0.2, 0.25) is 0 Å². The molecule has 3 aromatic rings. The number of piperazine rings is 1. The number of carbonyl (C=O) groups excluding carboxylic acids is 1. The second kappa shape index (κ2) is 8.92. The van der Waals surface area contributed by atoms with Crippen molar-refractivity contribution in [1.82, 2.24) is 9.88 Å². The Hall–Kier alpha value is -3.45. The van der Waals surface area contributed by atoms with Crippen molar-refractivity contribution in [1.29, 1.82) is 0 Å². The molecule has 0 bridgehead atoms. The highest BCUT2D eigenvalue weighted by Crippen LogP contribution is 2.21. The van der Waals surface area contributed by atoms with E-state index in [0.29, 0.717) is 11.4 Å². The van der Waals surface area contributed by atoms with Crippen LogP contribution in [0, 0.1) is 5.82 Å². The Labute approximate surface area is 174 Å². The fraction of sp³-hybridized carbons (Fsp3) is 0.217. The summed E-state index contributed by atoms with van der Waals surface area (Å²) in [6.07, 6.45) is 1.61. The predicted molar refractivity (Wildman–Crippen MR) is 114 cm³/mol. The summed E-state index contributed by atoms with van der Waals surface area (Å²) < 4.78 is 13.3. The van der Waals surface area contributed by atoms with Crippen molar-refractivity contribution in [3.63, 3.8) is 0 Å². The van der Waals surface area contributed by atoms with Gasteiger partial charge in [0.05, 0.1) is 11.9 Å². The molecule has 0 unspecified atom stereocenters. The van der Waals surface area contributed by atoms with Crippen molar-refractivity contribution in [2.45, 2.75) is 6.54 Å². The summed E-state index contributed by atoms with van der Waals surface area (Å²) in [5.41, 5.74) is 1.76. The number of nitrogens with zero attached hydrogens (tertiary/aromatic N) is 3. The molecule has 1 fully saturated rings. The topological polar surface area (TPSA) is 68.7 Å². The Morgan fingerprint density at radius 2 is 1.83 bits per heavy atom. The number of anilines is 2. The lowest BCUT2D eigenvalue weighted by molar-refractivity contribution is 0.102. The van der Waals surface area contributed by atoms with E-state index in [1.54, 1.807) is 24.4 Å². The molecule has 154 valence electrons. The number of phenols is 1. The summed E-state index contributed by atoms with van der Waals surface area (Å²) in [6.45, 7) is 4.12. The summed E-state index contributed by atoms with van der Waals surface area (Å²) in [4.78, 5) is 21.2. The average molecular weight is 406 g/mol. The van der Waals surface area contributed by atoms with E-state index < -0.39 is 5.82 Å². The average Bonchev–Trinajstić information content (AvgIpc) is 2.76. The van der Waals surface area contributed by atoms with Crippen LogP contribution < -0.4 is 10.2 Å². The van der Waals surface area contributed by atoms with E-state index in [1.165, 1.54) is 18.2 Å². The van der Waals surface area contributed by atoms with Crippen LogP contribution in [-0.2, 0) is 6.54 Å². The van der Waals surface area contributed by atoms with E-state index in [0.717, 1.165) is 44.1 Å². The van der Waals surface area contributed by atoms with Crippen LogP contribution in [0.3, 0.4) is 0 Å². The third kappa shape index (κ3) is 4.75. The fourth-order valence-corrected chi connectivity index (χ4v) is 3.50. The van der Waals surface area contributed by atoms with Crippen LogP contribution in [-0.4, -0.2) is 47.1 Å². The van der Waals surface area contributed by atoms with Gasteiger partial charge in [-0.1, -0.05) is 24.3 Å². The minimum Gasteiger partial charge on any atom is -0.508 e. The lowest BCUT2D eigenvalue weighted by Crippen LogP contribution is -2.46. The number of carbonyl (C=O) groups is 1. The minimum absolute atomic E-state index is 0.264. The number of aromatic nitrogens is 1. The summed E-state index contributed by atoms with van der Waals surface area (Å²) >= 11 is 0. The third-order valence-corrected chi connectivity index (χ3v) is 5.17. The Morgan fingerprint density at radius 3 is 2.53 bits per heavy atom. The summed E-state index contributed by atoms with van der Waals surface area (Å²) in [5, 5.41) is 12.7. The molecule has 1 aliphatic heterocycles. The molecule has 1 aromatic heterocycles. The molecule has 1 amide bonds. The molecule has 6 nitrogen and oxygen atoms in total. The Bertz CT molecular complexity index is 1020. The molecule has 30 heavy (non-hydrogen) atoms. The lowest BCUT2D eigenvalue weighted by atomic mass is 10.1. The van der Waals surface area contributed by atoms with Crippen molar-refractivity contribution >= 4 is 17.4 Å². The largest absolute Gasteiger partial charge is 0.508 e. The first-order valence-electron chi connectivity index (χ1n) is 9.85. The Morgan fingerprint density at radius 1 is 1.03 bits per heavy atom. The maximum Gasteiger partial charge on any atom is 0.255 e. The molecule has 4 rings (SSSR count). The SMILES string of the molecule is O=C(Nc1ccc(N2CCN(Cc3ccccc3O)CC2)nc1)c1cccc(F)c1. The smallest absolute Gasteiger partial charge is 0.255 e. The van der Waals surface area contributed by atoms with Crippen LogP contribution >= 0.6 is 0 Å². The molecule has 0 atom stereocenters. The van der Waals surface area contributed by atoms with Gasteiger partial charge in [-0.3, -0.25) is 9.69 Å². The number of rotatable bonds is 5. The number of aromatic hydroxyl groups is 1. The van der Waals surface area contributed by atoms with E-state index in [-0.39, 0.29) is 11.5 Å². The third-order valence-electron chi connectivity index (χ3n) is 5.17. The van der Waals surface area contributed by atoms with Crippen molar-refractivity contribution in [2.24, 2.45) is 0 Å². The highest BCUT2D eigenvalue weighted by Gasteiger charge is 2.19. The first kappa shape index (κ1) is 19.8. The van der Waals surface area contributed by atoms with E-state index >= 15 is 0 Å². The molecular weight excluding hydrogens is 383 g/mol. The van der Waals surface area contributed by atoms with E-state index in [4.69, 9.17) is 0 Å². The van der Waals surface area contributed by atoms with Crippen LogP contribution in [0.15, 0.2) is 66.9 Å².